The van der Waals surface area contributed by atoms with Crippen LogP contribution < -0.4 is 5.32 Å². The molecule has 0 spiro atoms. The van der Waals surface area contributed by atoms with Gasteiger partial charge in [-0.3, -0.25) is 0 Å². The van der Waals surface area contributed by atoms with Crippen LogP contribution in [-0.4, -0.2) is 6.54 Å². The summed E-state index contributed by atoms with van der Waals surface area (Å²) >= 11 is 5.40. The highest BCUT2D eigenvalue weighted by Crippen LogP contribution is 2.33. The molecular weight excluding hydrogens is 334 g/mol. The monoisotopic (exact) mass is 351 g/mol. The maximum Gasteiger partial charge on any atom is 0.0725 e. The quantitative estimate of drug-likeness (QED) is 0.847. The first-order chi connectivity index (χ1) is 9.79. The number of hydrogen-bond acceptors (Lipinski definition) is 3. The van der Waals surface area contributed by atoms with Crippen LogP contribution in [0.1, 0.15) is 41.6 Å². The van der Waals surface area contributed by atoms with Gasteiger partial charge in [0, 0.05) is 9.85 Å². The van der Waals surface area contributed by atoms with Crippen LogP contribution in [0.25, 0.3) is 0 Å². The lowest BCUT2D eigenvalue weighted by molar-refractivity contribution is 0.134. The van der Waals surface area contributed by atoms with E-state index in [0.29, 0.717) is 0 Å². The van der Waals surface area contributed by atoms with Crippen molar-refractivity contribution in [3.63, 3.8) is 0 Å². The summed E-state index contributed by atoms with van der Waals surface area (Å²) in [5.74, 6) is 0. The van der Waals surface area contributed by atoms with Crippen molar-refractivity contribution in [3.8, 4) is 0 Å². The van der Waals surface area contributed by atoms with Gasteiger partial charge in [0.2, 0.25) is 0 Å². The molecular formula is C16H18BrNOS. The number of fused-ring (bicyclic) bond motifs is 1. The second-order valence-electron chi connectivity index (χ2n) is 5.08. The van der Waals surface area contributed by atoms with Crippen molar-refractivity contribution in [2.75, 3.05) is 6.54 Å². The van der Waals surface area contributed by atoms with E-state index in [0.717, 1.165) is 26.2 Å². The predicted octanol–water partition coefficient (Wildman–Crippen LogP) is 4.63. The van der Waals surface area contributed by atoms with Crippen LogP contribution in [0.2, 0.25) is 0 Å². The molecule has 106 valence electrons. The molecule has 2 heterocycles. The third-order valence-corrected chi connectivity index (χ3v) is 5.38. The van der Waals surface area contributed by atoms with Crippen molar-refractivity contribution in [3.05, 3.63) is 55.7 Å². The minimum Gasteiger partial charge on any atom is -0.372 e. The molecule has 1 aromatic carbocycles. The van der Waals surface area contributed by atoms with E-state index in [1.165, 1.54) is 26.7 Å². The lowest BCUT2D eigenvalue weighted by Crippen LogP contribution is -2.23. The molecule has 4 heteroatoms. The second kappa shape index (κ2) is 6.39. The fourth-order valence-corrected chi connectivity index (χ4v) is 4.12. The third-order valence-electron chi connectivity index (χ3n) is 3.63. The van der Waals surface area contributed by atoms with Crippen molar-refractivity contribution in [1.29, 1.82) is 0 Å². The largest absolute Gasteiger partial charge is 0.372 e. The van der Waals surface area contributed by atoms with Crippen LogP contribution in [0, 0.1) is 0 Å². The minimum atomic E-state index is 0.251. The lowest BCUT2D eigenvalue weighted by Gasteiger charge is -2.19. The first kappa shape index (κ1) is 14.3. The maximum atomic E-state index is 5.52. The number of ether oxygens (including phenoxy) is 1. The standard InChI is InChI=1S/C16H18BrNOS/c1-2-5-18-16(14-9-20-10-15(14)17)11-3-4-12-7-19-8-13(12)6-11/h3-4,6,9-10,16,18H,2,5,7-8H2,1H3. The molecule has 1 N–H and O–H groups in total. The Balaban J connectivity index is 1.94. The topological polar surface area (TPSA) is 21.3 Å². The normalized spacial score (nSPS) is 15.3. The van der Waals surface area contributed by atoms with Gasteiger partial charge < -0.3 is 10.1 Å². The molecule has 1 aromatic heterocycles. The third kappa shape index (κ3) is 2.84. The first-order valence-electron chi connectivity index (χ1n) is 6.94. The van der Waals surface area contributed by atoms with Gasteiger partial charge in [0.05, 0.1) is 19.3 Å². The first-order valence-corrected chi connectivity index (χ1v) is 8.67. The molecule has 1 unspecified atom stereocenters. The summed E-state index contributed by atoms with van der Waals surface area (Å²) in [7, 11) is 0. The Morgan fingerprint density at radius 1 is 1.30 bits per heavy atom. The summed E-state index contributed by atoms with van der Waals surface area (Å²) in [5, 5.41) is 8.02. The molecule has 0 fully saturated rings. The molecule has 0 saturated heterocycles. The minimum absolute atomic E-state index is 0.251. The van der Waals surface area contributed by atoms with E-state index in [9.17, 15) is 0 Å². The summed E-state index contributed by atoms with van der Waals surface area (Å²) in [4.78, 5) is 0. The van der Waals surface area contributed by atoms with Crippen molar-refractivity contribution in [1.82, 2.24) is 5.32 Å². The number of nitrogens with one attached hydrogen (secondary N) is 1. The van der Waals surface area contributed by atoms with Crippen molar-refractivity contribution in [2.24, 2.45) is 0 Å². The second-order valence-corrected chi connectivity index (χ2v) is 6.68. The van der Waals surface area contributed by atoms with Gasteiger partial charge in [-0.2, -0.15) is 11.3 Å². The smallest absolute Gasteiger partial charge is 0.0725 e. The summed E-state index contributed by atoms with van der Waals surface area (Å²) < 4.78 is 6.71. The Labute approximate surface area is 132 Å². The fraction of sp³-hybridized carbons (Fsp3) is 0.375. The van der Waals surface area contributed by atoms with E-state index in [2.05, 4.69) is 57.1 Å². The Bertz CT molecular complexity index is 596. The van der Waals surface area contributed by atoms with Crippen LogP contribution in [-0.2, 0) is 18.0 Å². The van der Waals surface area contributed by atoms with Crippen LogP contribution in [0.5, 0.6) is 0 Å². The summed E-state index contributed by atoms with van der Waals surface area (Å²) in [6, 6.07) is 6.98. The van der Waals surface area contributed by atoms with Crippen molar-refractivity contribution in [2.45, 2.75) is 32.6 Å². The van der Waals surface area contributed by atoms with Gasteiger partial charge >= 0.3 is 0 Å². The van der Waals surface area contributed by atoms with Crippen LogP contribution in [0.4, 0.5) is 0 Å². The van der Waals surface area contributed by atoms with Gasteiger partial charge in [0.1, 0.15) is 0 Å². The number of halogens is 1. The van der Waals surface area contributed by atoms with Crippen molar-refractivity contribution >= 4 is 27.3 Å². The SMILES string of the molecule is CCCNC(c1ccc2c(c1)COC2)c1cscc1Br. The molecule has 1 aliphatic heterocycles. The van der Waals surface area contributed by atoms with E-state index in [1.807, 2.05) is 0 Å². The molecule has 0 radical (unpaired) electrons. The molecule has 0 aliphatic carbocycles. The molecule has 1 aliphatic rings. The highest BCUT2D eigenvalue weighted by atomic mass is 79.9. The van der Waals surface area contributed by atoms with Crippen LogP contribution >= 0.6 is 27.3 Å². The van der Waals surface area contributed by atoms with Gasteiger partial charge in [-0.05, 0) is 56.5 Å². The average molecular weight is 352 g/mol. The van der Waals surface area contributed by atoms with E-state index in [1.54, 1.807) is 11.3 Å². The highest BCUT2D eigenvalue weighted by molar-refractivity contribution is 9.10. The molecule has 0 saturated carbocycles. The summed E-state index contributed by atoms with van der Waals surface area (Å²) in [6.07, 6.45) is 1.13. The van der Waals surface area contributed by atoms with Gasteiger partial charge in [0.15, 0.2) is 0 Å². The fourth-order valence-electron chi connectivity index (χ4n) is 2.56. The van der Waals surface area contributed by atoms with E-state index >= 15 is 0 Å². The molecule has 0 bridgehead atoms. The van der Waals surface area contributed by atoms with Crippen LogP contribution in [0.15, 0.2) is 33.4 Å². The van der Waals surface area contributed by atoms with Crippen LogP contribution in [0.3, 0.4) is 0 Å². The summed E-state index contributed by atoms with van der Waals surface area (Å²) in [6.45, 7) is 4.71. The Hall–Kier alpha value is -0.680. The Kier molecular flexibility index (Phi) is 4.56. The predicted molar refractivity (Wildman–Crippen MR) is 87.1 cm³/mol. The van der Waals surface area contributed by atoms with E-state index < -0.39 is 0 Å². The maximum absolute atomic E-state index is 5.52. The lowest BCUT2D eigenvalue weighted by atomic mass is 9.97. The molecule has 2 nitrogen and oxygen atoms in total. The molecule has 0 amide bonds. The highest BCUT2D eigenvalue weighted by Gasteiger charge is 2.19. The number of hydrogen-bond donors (Lipinski definition) is 1. The average Bonchev–Trinajstić information content (AvgIpc) is 3.08. The van der Waals surface area contributed by atoms with Gasteiger partial charge in [-0.1, -0.05) is 25.1 Å². The van der Waals surface area contributed by atoms with Gasteiger partial charge in [-0.15, -0.1) is 0 Å². The van der Waals surface area contributed by atoms with Gasteiger partial charge in [-0.25, -0.2) is 0 Å². The zero-order valence-corrected chi connectivity index (χ0v) is 13.9. The zero-order chi connectivity index (χ0) is 13.9. The van der Waals surface area contributed by atoms with E-state index in [4.69, 9.17) is 4.74 Å². The summed E-state index contributed by atoms with van der Waals surface area (Å²) in [5.41, 5.74) is 5.30. The molecule has 3 rings (SSSR count). The van der Waals surface area contributed by atoms with Gasteiger partial charge in [0.25, 0.3) is 0 Å². The molecule has 1 atom stereocenters. The van der Waals surface area contributed by atoms with Crippen molar-refractivity contribution < 1.29 is 4.74 Å². The zero-order valence-electron chi connectivity index (χ0n) is 11.5. The Morgan fingerprint density at radius 3 is 2.90 bits per heavy atom. The molecule has 2 aromatic rings. The van der Waals surface area contributed by atoms with E-state index in [-0.39, 0.29) is 6.04 Å². The number of thiophene rings is 1. The molecule has 20 heavy (non-hydrogen) atoms. The number of benzene rings is 1. The number of rotatable bonds is 5. The Morgan fingerprint density at radius 2 is 2.15 bits per heavy atom.